The summed E-state index contributed by atoms with van der Waals surface area (Å²) in [6, 6.07) is 10.6. The lowest BCUT2D eigenvalue weighted by molar-refractivity contribution is 0.874. The van der Waals surface area contributed by atoms with Crippen molar-refractivity contribution in [2.45, 2.75) is 20.3 Å². The van der Waals surface area contributed by atoms with E-state index in [0.717, 1.165) is 24.5 Å². The van der Waals surface area contributed by atoms with E-state index in [1.54, 1.807) is 11.3 Å². The summed E-state index contributed by atoms with van der Waals surface area (Å²) in [5.41, 5.74) is 6.23. The first-order valence-electron chi connectivity index (χ1n) is 7.22. The average Bonchev–Trinajstić information content (AvgIpc) is 3.17. The number of rotatable bonds is 2. The van der Waals surface area contributed by atoms with Gasteiger partial charge >= 0.3 is 0 Å². The molecule has 0 amide bonds. The van der Waals surface area contributed by atoms with E-state index in [1.165, 1.54) is 27.3 Å². The first-order valence-corrected chi connectivity index (χ1v) is 8.10. The van der Waals surface area contributed by atoms with Crippen LogP contribution in [-0.2, 0) is 6.42 Å². The number of aryl methyl sites for hydroxylation is 1. The van der Waals surface area contributed by atoms with Crippen LogP contribution in [0.15, 0.2) is 35.7 Å². The van der Waals surface area contributed by atoms with Gasteiger partial charge in [-0.1, -0.05) is 18.2 Å². The molecule has 2 aromatic heterocycles. The minimum Gasteiger partial charge on any atom is -0.369 e. The smallest absolute Gasteiger partial charge is 0.133 e. The lowest BCUT2D eigenvalue weighted by atomic mass is 10.1. The maximum Gasteiger partial charge on any atom is 0.133 e. The predicted molar refractivity (Wildman–Crippen MR) is 88.5 cm³/mol. The van der Waals surface area contributed by atoms with Crippen molar-refractivity contribution in [2.24, 2.45) is 0 Å². The van der Waals surface area contributed by atoms with Crippen LogP contribution in [0.2, 0.25) is 0 Å². The van der Waals surface area contributed by atoms with Crippen LogP contribution in [0.4, 0.5) is 5.82 Å². The lowest BCUT2D eigenvalue weighted by Gasteiger charge is -2.11. The summed E-state index contributed by atoms with van der Waals surface area (Å²) in [5, 5.41) is 10.5. The number of aromatic nitrogens is 2. The molecule has 0 radical (unpaired) electrons. The van der Waals surface area contributed by atoms with Gasteiger partial charge in [-0.3, -0.25) is 0 Å². The van der Waals surface area contributed by atoms with Crippen LogP contribution in [-0.4, -0.2) is 16.3 Å². The number of hydrogen-bond donors (Lipinski definition) is 1. The normalized spacial score (nSPS) is 13.2. The van der Waals surface area contributed by atoms with E-state index < -0.39 is 0 Å². The quantitative estimate of drug-likeness (QED) is 0.768. The summed E-state index contributed by atoms with van der Waals surface area (Å²) in [6.07, 6.45) is 1.05. The van der Waals surface area contributed by atoms with Crippen LogP contribution in [0.1, 0.15) is 16.7 Å². The van der Waals surface area contributed by atoms with Crippen molar-refractivity contribution >= 4 is 17.2 Å². The van der Waals surface area contributed by atoms with Crippen molar-refractivity contribution in [3.05, 3.63) is 52.4 Å². The SMILES string of the molecule is Cc1cccc(-n2nc(-c3cccs3)c3c2NCC3)c1C. The number of anilines is 1. The van der Waals surface area contributed by atoms with Crippen molar-refractivity contribution in [3.8, 4) is 16.3 Å². The van der Waals surface area contributed by atoms with E-state index in [2.05, 4.69) is 59.6 Å². The summed E-state index contributed by atoms with van der Waals surface area (Å²) in [4.78, 5) is 1.25. The second-order valence-corrected chi connectivity index (χ2v) is 6.41. The molecule has 0 saturated carbocycles. The van der Waals surface area contributed by atoms with Crippen LogP contribution in [0.3, 0.4) is 0 Å². The van der Waals surface area contributed by atoms with Gasteiger partial charge in [0, 0.05) is 12.1 Å². The van der Waals surface area contributed by atoms with Gasteiger partial charge in [-0.2, -0.15) is 5.10 Å². The van der Waals surface area contributed by atoms with Gasteiger partial charge in [-0.15, -0.1) is 11.3 Å². The highest BCUT2D eigenvalue weighted by Crippen LogP contribution is 2.37. The second-order valence-electron chi connectivity index (χ2n) is 5.46. The van der Waals surface area contributed by atoms with Crippen LogP contribution in [0.5, 0.6) is 0 Å². The van der Waals surface area contributed by atoms with E-state index in [1.807, 2.05) is 0 Å². The fourth-order valence-electron chi connectivity index (χ4n) is 2.93. The summed E-state index contributed by atoms with van der Waals surface area (Å²) in [6.45, 7) is 5.31. The predicted octanol–water partition coefficient (Wildman–Crippen LogP) is 4.19. The van der Waals surface area contributed by atoms with Gasteiger partial charge in [0.15, 0.2) is 0 Å². The summed E-state index contributed by atoms with van der Waals surface area (Å²) in [5.74, 6) is 1.16. The molecule has 3 aromatic rings. The molecule has 1 aromatic carbocycles. The number of benzene rings is 1. The molecule has 0 unspecified atom stereocenters. The number of fused-ring (bicyclic) bond motifs is 1. The lowest BCUT2D eigenvalue weighted by Crippen LogP contribution is -2.06. The van der Waals surface area contributed by atoms with Crippen molar-refractivity contribution in [2.75, 3.05) is 11.9 Å². The molecular formula is C17H17N3S. The topological polar surface area (TPSA) is 29.9 Å². The zero-order chi connectivity index (χ0) is 14.4. The molecule has 3 heterocycles. The Morgan fingerprint density at radius 3 is 2.90 bits per heavy atom. The fourth-order valence-corrected chi connectivity index (χ4v) is 3.66. The van der Waals surface area contributed by atoms with Crippen LogP contribution >= 0.6 is 11.3 Å². The molecule has 0 saturated heterocycles. The molecule has 4 heteroatoms. The summed E-state index contributed by atoms with van der Waals surface area (Å²) in [7, 11) is 0. The first-order chi connectivity index (χ1) is 10.3. The standard InChI is InChI=1S/C17H17N3S/c1-11-5-3-6-14(12(11)2)20-17-13(8-9-18-17)16(19-20)15-7-4-10-21-15/h3-7,10,18H,8-9H2,1-2H3. The zero-order valence-electron chi connectivity index (χ0n) is 12.2. The Morgan fingerprint density at radius 2 is 2.10 bits per heavy atom. The Labute approximate surface area is 128 Å². The third-order valence-electron chi connectivity index (χ3n) is 4.21. The van der Waals surface area contributed by atoms with E-state index in [0.29, 0.717) is 0 Å². The van der Waals surface area contributed by atoms with Gasteiger partial charge in [0.25, 0.3) is 0 Å². The number of nitrogens with zero attached hydrogens (tertiary/aromatic N) is 2. The molecule has 0 atom stereocenters. The Hall–Kier alpha value is -2.07. The van der Waals surface area contributed by atoms with Crippen molar-refractivity contribution in [3.63, 3.8) is 0 Å². The highest BCUT2D eigenvalue weighted by atomic mass is 32.1. The molecule has 0 aliphatic carbocycles. The molecule has 1 aliphatic rings. The maximum atomic E-state index is 4.91. The van der Waals surface area contributed by atoms with Crippen LogP contribution in [0.25, 0.3) is 16.3 Å². The Balaban J connectivity index is 1.95. The van der Waals surface area contributed by atoms with E-state index in [-0.39, 0.29) is 0 Å². The highest BCUT2D eigenvalue weighted by Gasteiger charge is 2.24. The molecule has 0 bridgehead atoms. The number of nitrogens with one attached hydrogen (secondary N) is 1. The molecular weight excluding hydrogens is 278 g/mol. The Morgan fingerprint density at radius 1 is 1.19 bits per heavy atom. The fraction of sp³-hybridized carbons (Fsp3) is 0.235. The third kappa shape index (κ3) is 1.90. The minimum absolute atomic E-state index is 0.996. The van der Waals surface area contributed by atoms with E-state index in [9.17, 15) is 0 Å². The van der Waals surface area contributed by atoms with Gasteiger partial charge in [-0.05, 0) is 48.9 Å². The van der Waals surface area contributed by atoms with Gasteiger partial charge in [0.1, 0.15) is 11.5 Å². The molecule has 1 aliphatic heterocycles. The van der Waals surface area contributed by atoms with Crippen molar-refractivity contribution < 1.29 is 0 Å². The summed E-state index contributed by atoms with van der Waals surface area (Å²) >= 11 is 1.75. The third-order valence-corrected chi connectivity index (χ3v) is 5.09. The molecule has 4 rings (SSSR count). The van der Waals surface area contributed by atoms with Gasteiger partial charge in [0.05, 0.1) is 10.6 Å². The molecule has 0 fully saturated rings. The monoisotopic (exact) mass is 295 g/mol. The highest BCUT2D eigenvalue weighted by molar-refractivity contribution is 7.13. The van der Waals surface area contributed by atoms with Gasteiger partial charge in [0.2, 0.25) is 0 Å². The van der Waals surface area contributed by atoms with Crippen molar-refractivity contribution in [1.29, 1.82) is 0 Å². The van der Waals surface area contributed by atoms with Gasteiger partial charge < -0.3 is 5.32 Å². The maximum absolute atomic E-state index is 4.91. The first kappa shape index (κ1) is 12.7. The number of thiophene rings is 1. The van der Waals surface area contributed by atoms with E-state index >= 15 is 0 Å². The van der Waals surface area contributed by atoms with E-state index in [4.69, 9.17) is 5.10 Å². The Kier molecular flexibility index (Phi) is 2.86. The van der Waals surface area contributed by atoms with Crippen LogP contribution in [0, 0.1) is 13.8 Å². The summed E-state index contributed by atoms with van der Waals surface area (Å²) < 4.78 is 2.08. The molecule has 106 valence electrons. The molecule has 0 spiro atoms. The zero-order valence-corrected chi connectivity index (χ0v) is 13.0. The minimum atomic E-state index is 0.996. The molecule has 21 heavy (non-hydrogen) atoms. The second kappa shape index (κ2) is 4.74. The molecule has 1 N–H and O–H groups in total. The van der Waals surface area contributed by atoms with Gasteiger partial charge in [-0.25, -0.2) is 4.68 Å². The molecule has 3 nitrogen and oxygen atoms in total. The number of hydrogen-bond acceptors (Lipinski definition) is 3. The largest absolute Gasteiger partial charge is 0.369 e. The average molecular weight is 295 g/mol. The Bertz CT molecular complexity index is 800. The van der Waals surface area contributed by atoms with Crippen molar-refractivity contribution in [1.82, 2.24) is 9.78 Å². The van der Waals surface area contributed by atoms with Crippen LogP contribution < -0.4 is 5.32 Å².